The van der Waals surface area contributed by atoms with Crippen molar-refractivity contribution in [3.05, 3.63) is 41.9 Å². The number of aryl methyl sites for hydroxylation is 2. The summed E-state index contributed by atoms with van der Waals surface area (Å²) in [4.78, 5) is 9.04. The second-order valence-corrected chi connectivity index (χ2v) is 5.18. The van der Waals surface area contributed by atoms with E-state index in [4.69, 9.17) is 0 Å². The van der Waals surface area contributed by atoms with Gasteiger partial charge < -0.3 is 5.32 Å². The van der Waals surface area contributed by atoms with E-state index >= 15 is 0 Å². The van der Waals surface area contributed by atoms with Crippen molar-refractivity contribution < 1.29 is 0 Å². The molecule has 0 spiro atoms. The van der Waals surface area contributed by atoms with Gasteiger partial charge in [-0.15, -0.1) is 0 Å². The van der Waals surface area contributed by atoms with Crippen LogP contribution in [0.25, 0.3) is 16.7 Å². The maximum absolute atomic E-state index is 4.55. The third-order valence-corrected chi connectivity index (χ3v) is 3.36. The van der Waals surface area contributed by atoms with Gasteiger partial charge in [0.1, 0.15) is 11.6 Å². The first kappa shape index (κ1) is 13.5. The van der Waals surface area contributed by atoms with Gasteiger partial charge in [-0.2, -0.15) is 5.10 Å². The molecule has 5 nitrogen and oxygen atoms in total. The van der Waals surface area contributed by atoms with Gasteiger partial charge in [0.05, 0.1) is 17.3 Å². The zero-order chi connectivity index (χ0) is 14.8. The van der Waals surface area contributed by atoms with Crippen LogP contribution < -0.4 is 5.32 Å². The highest BCUT2D eigenvalue weighted by atomic mass is 15.3. The second kappa shape index (κ2) is 5.52. The molecule has 0 atom stereocenters. The van der Waals surface area contributed by atoms with Crippen LogP contribution in [0.3, 0.4) is 0 Å². The number of fused-ring (bicyclic) bond motifs is 1. The molecule has 21 heavy (non-hydrogen) atoms. The standard InChI is InChI=1S/C16H19N5/c1-4-9-17-15-14-10-18-21(16(14)20-12(3)19-15)13-7-5-11(2)6-8-13/h5-8,10H,4,9H2,1-3H3,(H,17,19,20). The Hall–Kier alpha value is -2.43. The minimum atomic E-state index is 0.745. The largest absolute Gasteiger partial charge is 0.369 e. The van der Waals surface area contributed by atoms with Gasteiger partial charge in [-0.05, 0) is 32.4 Å². The first-order chi connectivity index (χ1) is 10.2. The summed E-state index contributed by atoms with van der Waals surface area (Å²) in [6, 6.07) is 8.26. The van der Waals surface area contributed by atoms with E-state index in [0.29, 0.717) is 0 Å². The van der Waals surface area contributed by atoms with Crippen molar-refractivity contribution in [2.75, 3.05) is 11.9 Å². The van der Waals surface area contributed by atoms with Crippen molar-refractivity contribution in [2.24, 2.45) is 0 Å². The van der Waals surface area contributed by atoms with E-state index in [1.54, 1.807) is 0 Å². The minimum Gasteiger partial charge on any atom is -0.369 e. The number of aromatic nitrogens is 4. The quantitative estimate of drug-likeness (QED) is 0.797. The van der Waals surface area contributed by atoms with Crippen molar-refractivity contribution in [3.63, 3.8) is 0 Å². The molecule has 0 saturated carbocycles. The molecule has 0 radical (unpaired) electrons. The Morgan fingerprint density at radius 2 is 1.86 bits per heavy atom. The number of rotatable bonds is 4. The van der Waals surface area contributed by atoms with Crippen LogP contribution in [0.4, 0.5) is 5.82 Å². The molecule has 0 bridgehead atoms. The van der Waals surface area contributed by atoms with Crippen LogP contribution in [0.2, 0.25) is 0 Å². The molecular weight excluding hydrogens is 262 g/mol. The number of benzene rings is 1. The summed E-state index contributed by atoms with van der Waals surface area (Å²) in [5.41, 5.74) is 3.08. The normalized spacial score (nSPS) is 11.0. The van der Waals surface area contributed by atoms with E-state index in [9.17, 15) is 0 Å². The third kappa shape index (κ3) is 2.59. The summed E-state index contributed by atoms with van der Waals surface area (Å²) in [5, 5.41) is 8.78. The molecule has 3 rings (SSSR count). The molecule has 1 N–H and O–H groups in total. The zero-order valence-electron chi connectivity index (χ0n) is 12.6. The van der Waals surface area contributed by atoms with E-state index in [-0.39, 0.29) is 0 Å². The number of nitrogens with one attached hydrogen (secondary N) is 1. The third-order valence-electron chi connectivity index (χ3n) is 3.36. The van der Waals surface area contributed by atoms with Gasteiger partial charge in [-0.1, -0.05) is 24.6 Å². The van der Waals surface area contributed by atoms with Crippen LogP contribution in [0, 0.1) is 13.8 Å². The summed E-state index contributed by atoms with van der Waals surface area (Å²) in [7, 11) is 0. The lowest BCUT2D eigenvalue weighted by atomic mass is 10.2. The Bertz CT molecular complexity index is 758. The van der Waals surface area contributed by atoms with Crippen molar-refractivity contribution in [3.8, 4) is 5.69 Å². The predicted molar refractivity (Wildman–Crippen MR) is 84.9 cm³/mol. The van der Waals surface area contributed by atoms with E-state index in [0.717, 1.165) is 41.3 Å². The summed E-state index contributed by atoms with van der Waals surface area (Å²) < 4.78 is 1.86. The number of nitrogens with zero attached hydrogens (tertiary/aromatic N) is 4. The highest BCUT2D eigenvalue weighted by molar-refractivity contribution is 5.87. The molecule has 0 aliphatic rings. The first-order valence-corrected chi connectivity index (χ1v) is 7.22. The van der Waals surface area contributed by atoms with Gasteiger partial charge in [-0.25, -0.2) is 14.6 Å². The average molecular weight is 281 g/mol. The second-order valence-electron chi connectivity index (χ2n) is 5.18. The van der Waals surface area contributed by atoms with E-state index in [1.807, 2.05) is 17.8 Å². The van der Waals surface area contributed by atoms with Crippen molar-refractivity contribution in [1.82, 2.24) is 19.7 Å². The molecule has 0 aliphatic carbocycles. The highest BCUT2D eigenvalue weighted by Gasteiger charge is 2.12. The Labute approximate surface area is 124 Å². The van der Waals surface area contributed by atoms with Crippen LogP contribution in [-0.4, -0.2) is 26.3 Å². The molecule has 0 amide bonds. The van der Waals surface area contributed by atoms with Crippen molar-refractivity contribution in [1.29, 1.82) is 0 Å². The lowest BCUT2D eigenvalue weighted by molar-refractivity contribution is 0.888. The molecule has 5 heteroatoms. The smallest absolute Gasteiger partial charge is 0.168 e. The lowest BCUT2D eigenvalue weighted by Gasteiger charge is -2.07. The summed E-state index contributed by atoms with van der Waals surface area (Å²) in [6.07, 6.45) is 2.88. The molecule has 108 valence electrons. The topological polar surface area (TPSA) is 55.6 Å². The Kier molecular flexibility index (Phi) is 3.56. The molecule has 2 aromatic heterocycles. The maximum atomic E-state index is 4.55. The number of anilines is 1. The highest BCUT2D eigenvalue weighted by Crippen LogP contribution is 2.22. The number of hydrogen-bond acceptors (Lipinski definition) is 4. The van der Waals surface area contributed by atoms with Gasteiger partial charge in [0.25, 0.3) is 0 Å². The fourth-order valence-electron chi connectivity index (χ4n) is 2.27. The summed E-state index contributed by atoms with van der Waals surface area (Å²) in [5.74, 6) is 1.60. The molecule has 0 fully saturated rings. The molecule has 0 aliphatic heterocycles. The molecule has 2 heterocycles. The zero-order valence-corrected chi connectivity index (χ0v) is 12.6. The molecule has 1 aromatic carbocycles. The summed E-state index contributed by atoms with van der Waals surface area (Å²) in [6.45, 7) is 7.00. The van der Waals surface area contributed by atoms with Crippen molar-refractivity contribution >= 4 is 16.9 Å². The van der Waals surface area contributed by atoms with E-state index < -0.39 is 0 Å². The van der Waals surface area contributed by atoms with Crippen LogP contribution in [0.5, 0.6) is 0 Å². The minimum absolute atomic E-state index is 0.745. The molecule has 3 aromatic rings. The fourth-order valence-corrected chi connectivity index (χ4v) is 2.27. The van der Waals surface area contributed by atoms with Gasteiger partial charge in [-0.3, -0.25) is 0 Å². The molecular formula is C16H19N5. The van der Waals surface area contributed by atoms with Crippen LogP contribution in [0.1, 0.15) is 24.7 Å². The average Bonchev–Trinajstić information content (AvgIpc) is 2.89. The van der Waals surface area contributed by atoms with Crippen LogP contribution in [-0.2, 0) is 0 Å². The predicted octanol–water partition coefficient (Wildman–Crippen LogP) is 3.25. The van der Waals surface area contributed by atoms with Gasteiger partial charge in [0.15, 0.2) is 5.65 Å². The van der Waals surface area contributed by atoms with Crippen LogP contribution >= 0.6 is 0 Å². The molecule has 0 unspecified atom stereocenters. The van der Waals surface area contributed by atoms with Crippen molar-refractivity contribution in [2.45, 2.75) is 27.2 Å². The maximum Gasteiger partial charge on any atom is 0.168 e. The Morgan fingerprint density at radius 1 is 1.10 bits per heavy atom. The number of hydrogen-bond donors (Lipinski definition) is 1. The van der Waals surface area contributed by atoms with Crippen LogP contribution in [0.15, 0.2) is 30.5 Å². The summed E-state index contributed by atoms with van der Waals surface area (Å²) >= 11 is 0. The Morgan fingerprint density at radius 3 is 2.57 bits per heavy atom. The van der Waals surface area contributed by atoms with Gasteiger partial charge in [0.2, 0.25) is 0 Å². The first-order valence-electron chi connectivity index (χ1n) is 7.22. The Balaban J connectivity index is 2.13. The monoisotopic (exact) mass is 281 g/mol. The lowest BCUT2D eigenvalue weighted by Crippen LogP contribution is -2.05. The van der Waals surface area contributed by atoms with E-state index in [1.165, 1.54) is 5.56 Å². The molecule has 0 saturated heterocycles. The van der Waals surface area contributed by atoms with Gasteiger partial charge in [0, 0.05) is 6.54 Å². The van der Waals surface area contributed by atoms with E-state index in [2.05, 4.69) is 58.5 Å². The van der Waals surface area contributed by atoms with Gasteiger partial charge >= 0.3 is 0 Å². The fraction of sp³-hybridized carbons (Fsp3) is 0.312. The SMILES string of the molecule is CCCNc1nc(C)nc2c1cnn2-c1ccc(C)cc1.